The van der Waals surface area contributed by atoms with Gasteiger partial charge in [-0.3, -0.25) is 4.98 Å². The van der Waals surface area contributed by atoms with Crippen molar-refractivity contribution < 1.29 is 4.39 Å². The van der Waals surface area contributed by atoms with Gasteiger partial charge in [0, 0.05) is 23.3 Å². The molecule has 4 heteroatoms. The van der Waals surface area contributed by atoms with Gasteiger partial charge in [-0.2, -0.15) is 0 Å². The largest absolute Gasteiger partial charge is 0.304 e. The number of rotatable bonds is 4. The summed E-state index contributed by atoms with van der Waals surface area (Å²) in [7, 11) is 0. The lowest BCUT2D eigenvalue weighted by molar-refractivity contribution is 0.490. The Morgan fingerprint density at radius 2 is 1.84 bits per heavy atom. The van der Waals surface area contributed by atoms with Gasteiger partial charge in [-0.15, -0.1) is 0 Å². The predicted octanol–water partition coefficient (Wildman–Crippen LogP) is 4.29. The van der Waals surface area contributed by atoms with Crippen molar-refractivity contribution >= 4 is 11.6 Å². The van der Waals surface area contributed by atoms with Crippen molar-refractivity contribution in [2.45, 2.75) is 25.9 Å². The molecule has 0 amide bonds. The molecule has 1 aromatic carbocycles. The Kier molecular flexibility index (Phi) is 4.51. The van der Waals surface area contributed by atoms with E-state index in [1.165, 1.54) is 12.3 Å². The van der Waals surface area contributed by atoms with Crippen molar-refractivity contribution in [1.29, 1.82) is 0 Å². The third kappa shape index (κ3) is 3.75. The molecule has 1 heterocycles. The summed E-state index contributed by atoms with van der Waals surface area (Å²) >= 11 is 5.98. The Morgan fingerprint density at radius 3 is 2.53 bits per heavy atom. The number of hydrogen-bond donors (Lipinski definition) is 1. The fraction of sp³-hybridized carbons (Fsp3) is 0.267. The van der Waals surface area contributed by atoms with E-state index in [1.54, 1.807) is 6.20 Å². The van der Waals surface area contributed by atoms with Gasteiger partial charge in [0.25, 0.3) is 0 Å². The minimum Gasteiger partial charge on any atom is -0.304 e. The summed E-state index contributed by atoms with van der Waals surface area (Å²) < 4.78 is 13.1. The number of benzene rings is 1. The van der Waals surface area contributed by atoms with Crippen LogP contribution in [0.25, 0.3) is 0 Å². The molecule has 0 bridgehead atoms. The molecule has 0 aliphatic carbocycles. The molecule has 2 atom stereocenters. The molecule has 0 aliphatic heterocycles. The first-order valence-corrected chi connectivity index (χ1v) is 6.56. The Balaban J connectivity index is 2.08. The molecule has 0 saturated heterocycles. The third-order valence-corrected chi connectivity index (χ3v) is 3.31. The van der Waals surface area contributed by atoms with Crippen molar-refractivity contribution in [2.75, 3.05) is 0 Å². The molecule has 0 aliphatic rings. The number of aromatic nitrogens is 1. The fourth-order valence-electron chi connectivity index (χ4n) is 2.01. The smallest absolute Gasteiger partial charge is 0.141 e. The van der Waals surface area contributed by atoms with Gasteiger partial charge in [0.1, 0.15) is 5.82 Å². The van der Waals surface area contributed by atoms with Crippen LogP contribution in [0.3, 0.4) is 0 Å². The van der Waals surface area contributed by atoms with Crippen molar-refractivity contribution in [2.24, 2.45) is 0 Å². The van der Waals surface area contributed by atoms with Crippen LogP contribution in [0.15, 0.2) is 42.7 Å². The number of nitrogens with zero attached hydrogens (tertiary/aromatic N) is 1. The first-order valence-electron chi connectivity index (χ1n) is 6.18. The average molecular weight is 279 g/mol. The zero-order chi connectivity index (χ0) is 13.8. The molecule has 1 N–H and O–H groups in total. The summed E-state index contributed by atoms with van der Waals surface area (Å²) in [6.07, 6.45) is 2.88. The van der Waals surface area contributed by atoms with E-state index >= 15 is 0 Å². The summed E-state index contributed by atoms with van der Waals surface area (Å²) in [6.45, 7) is 4.03. The molecule has 2 aromatic rings. The van der Waals surface area contributed by atoms with Crippen LogP contribution in [0, 0.1) is 5.82 Å². The minimum absolute atomic E-state index is 0.0113. The topological polar surface area (TPSA) is 24.9 Å². The number of halogens is 2. The van der Waals surface area contributed by atoms with Crippen LogP contribution >= 0.6 is 11.6 Å². The van der Waals surface area contributed by atoms with E-state index in [1.807, 2.05) is 31.2 Å². The van der Waals surface area contributed by atoms with Crippen molar-refractivity contribution in [3.63, 3.8) is 0 Å². The van der Waals surface area contributed by atoms with Gasteiger partial charge in [0.15, 0.2) is 0 Å². The van der Waals surface area contributed by atoms with E-state index in [0.29, 0.717) is 5.02 Å². The average Bonchev–Trinajstić information content (AvgIpc) is 2.38. The lowest BCUT2D eigenvalue weighted by Crippen LogP contribution is -2.22. The summed E-state index contributed by atoms with van der Waals surface area (Å²) in [5.74, 6) is -0.318. The molecule has 100 valence electrons. The standard InChI is InChI=1S/C15H16ClFN2/c1-10(12-4-3-5-14(16)6-12)19-11(2)13-7-15(17)9-18-8-13/h3-11,19H,1-2H3/t10-,11?/m0/s1. The lowest BCUT2D eigenvalue weighted by Gasteiger charge is -2.20. The molecular weight excluding hydrogens is 263 g/mol. The molecule has 0 fully saturated rings. The maximum absolute atomic E-state index is 13.1. The third-order valence-electron chi connectivity index (χ3n) is 3.07. The van der Waals surface area contributed by atoms with Gasteiger partial charge in [0.2, 0.25) is 0 Å². The molecule has 19 heavy (non-hydrogen) atoms. The first kappa shape index (κ1) is 14.0. The fourth-order valence-corrected chi connectivity index (χ4v) is 2.21. The zero-order valence-electron chi connectivity index (χ0n) is 10.9. The van der Waals surface area contributed by atoms with E-state index in [9.17, 15) is 4.39 Å². The lowest BCUT2D eigenvalue weighted by atomic mass is 10.1. The molecule has 1 unspecified atom stereocenters. The molecule has 0 spiro atoms. The van der Waals surface area contributed by atoms with Crippen LogP contribution in [-0.2, 0) is 0 Å². The second-order valence-electron chi connectivity index (χ2n) is 4.60. The number of hydrogen-bond acceptors (Lipinski definition) is 2. The molecule has 1 aromatic heterocycles. The summed E-state index contributed by atoms with van der Waals surface area (Å²) in [6, 6.07) is 9.34. The molecular formula is C15H16ClFN2. The van der Waals surface area contributed by atoms with Gasteiger partial charge in [-0.1, -0.05) is 23.7 Å². The number of pyridine rings is 1. The molecule has 0 saturated carbocycles. The Labute approximate surface area is 117 Å². The van der Waals surface area contributed by atoms with Crippen LogP contribution in [-0.4, -0.2) is 4.98 Å². The van der Waals surface area contributed by atoms with E-state index in [4.69, 9.17) is 11.6 Å². The van der Waals surface area contributed by atoms with Gasteiger partial charge in [-0.25, -0.2) is 4.39 Å². The summed E-state index contributed by atoms with van der Waals surface area (Å²) in [5, 5.41) is 4.12. The maximum Gasteiger partial charge on any atom is 0.141 e. The van der Waals surface area contributed by atoms with Gasteiger partial charge < -0.3 is 5.32 Å². The van der Waals surface area contributed by atoms with E-state index in [2.05, 4.69) is 17.2 Å². The SMILES string of the molecule is CC(N[C@@H](C)c1cccc(Cl)c1)c1cncc(F)c1. The zero-order valence-corrected chi connectivity index (χ0v) is 11.7. The van der Waals surface area contributed by atoms with Crippen molar-refractivity contribution in [3.8, 4) is 0 Å². The molecule has 2 rings (SSSR count). The van der Waals surface area contributed by atoms with Gasteiger partial charge in [-0.05, 0) is 43.2 Å². The van der Waals surface area contributed by atoms with Crippen LogP contribution in [0.4, 0.5) is 4.39 Å². The normalized spacial score (nSPS) is 14.1. The monoisotopic (exact) mass is 278 g/mol. The van der Waals surface area contributed by atoms with Crippen LogP contribution in [0.1, 0.15) is 37.1 Å². The highest BCUT2D eigenvalue weighted by Crippen LogP contribution is 2.21. The molecule has 0 radical (unpaired) electrons. The Hall–Kier alpha value is -1.45. The number of nitrogens with one attached hydrogen (secondary N) is 1. The van der Waals surface area contributed by atoms with E-state index < -0.39 is 0 Å². The van der Waals surface area contributed by atoms with Crippen LogP contribution in [0.5, 0.6) is 0 Å². The quantitative estimate of drug-likeness (QED) is 0.903. The first-order chi connectivity index (χ1) is 9.06. The highest BCUT2D eigenvalue weighted by Gasteiger charge is 2.12. The predicted molar refractivity (Wildman–Crippen MR) is 75.6 cm³/mol. The van der Waals surface area contributed by atoms with Gasteiger partial charge >= 0.3 is 0 Å². The maximum atomic E-state index is 13.1. The second-order valence-corrected chi connectivity index (χ2v) is 5.04. The highest BCUT2D eigenvalue weighted by molar-refractivity contribution is 6.30. The second kappa shape index (κ2) is 6.13. The minimum atomic E-state index is -0.318. The van der Waals surface area contributed by atoms with Gasteiger partial charge in [0.05, 0.1) is 6.20 Å². The Morgan fingerprint density at radius 1 is 1.11 bits per heavy atom. The summed E-state index contributed by atoms with van der Waals surface area (Å²) in [5.41, 5.74) is 1.93. The Bertz CT molecular complexity index is 510. The highest BCUT2D eigenvalue weighted by atomic mass is 35.5. The van der Waals surface area contributed by atoms with E-state index in [0.717, 1.165) is 11.1 Å². The van der Waals surface area contributed by atoms with Crippen molar-refractivity contribution in [3.05, 3.63) is 64.7 Å². The van der Waals surface area contributed by atoms with Crippen molar-refractivity contribution in [1.82, 2.24) is 10.3 Å². The van der Waals surface area contributed by atoms with E-state index in [-0.39, 0.29) is 17.9 Å². The molecule has 2 nitrogen and oxygen atoms in total. The summed E-state index contributed by atoms with van der Waals surface area (Å²) in [4.78, 5) is 3.86. The van der Waals surface area contributed by atoms with Crippen LogP contribution in [0.2, 0.25) is 5.02 Å². The van der Waals surface area contributed by atoms with Crippen LogP contribution < -0.4 is 5.32 Å².